The highest BCUT2D eigenvalue weighted by Gasteiger charge is 2.46. The van der Waals surface area contributed by atoms with E-state index in [1.165, 1.54) is 32.1 Å². The lowest BCUT2D eigenvalue weighted by molar-refractivity contribution is -0.257. The Hall–Kier alpha value is -0.200. The summed E-state index contributed by atoms with van der Waals surface area (Å²) in [6.45, 7) is 11.5. The smallest absolute Gasteiger partial charge is 0.115 e. The van der Waals surface area contributed by atoms with Gasteiger partial charge in [0, 0.05) is 26.9 Å². The monoisotopic (exact) mass is 402 g/mol. The van der Waals surface area contributed by atoms with Crippen LogP contribution in [0.3, 0.4) is 0 Å². The molecule has 0 radical (unpaired) electrons. The number of methoxy groups -OCH3 is 1. The second-order valence-electron chi connectivity index (χ2n) is 7.95. The molecular formula is C23H46O5. The van der Waals surface area contributed by atoms with Crippen LogP contribution in [0.1, 0.15) is 85.5 Å². The average Bonchev–Trinajstić information content (AvgIpc) is 2.70. The molecule has 1 fully saturated rings. The third kappa shape index (κ3) is 9.53. The minimum Gasteiger partial charge on any atom is -0.379 e. The Bertz CT molecular complexity index is 350. The van der Waals surface area contributed by atoms with Crippen LogP contribution in [-0.2, 0) is 23.7 Å². The molecule has 0 aromatic heterocycles. The van der Waals surface area contributed by atoms with Gasteiger partial charge in [0.15, 0.2) is 0 Å². The van der Waals surface area contributed by atoms with Crippen LogP contribution in [0, 0.1) is 0 Å². The summed E-state index contributed by atoms with van der Waals surface area (Å²) in [7, 11) is 1.74. The zero-order valence-electron chi connectivity index (χ0n) is 19.1. The molecule has 5 unspecified atom stereocenters. The SMILES string of the molecule is CCCCCCOC1C(C)OC(COCCCC)C(OC)C1OCCCCC. The van der Waals surface area contributed by atoms with Gasteiger partial charge < -0.3 is 23.7 Å². The van der Waals surface area contributed by atoms with E-state index in [2.05, 4.69) is 27.7 Å². The highest BCUT2D eigenvalue weighted by atomic mass is 16.6. The number of hydrogen-bond acceptors (Lipinski definition) is 5. The summed E-state index contributed by atoms with van der Waals surface area (Å²) in [5, 5.41) is 0. The molecule has 28 heavy (non-hydrogen) atoms. The van der Waals surface area contributed by atoms with E-state index < -0.39 is 0 Å². The van der Waals surface area contributed by atoms with Crippen LogP contribution < -0.4 is 0 Å². The second-order valence-corrected chi connectivity index (χ2v) is 7.95. The molecule has 1 rings (SSSR count). The van der Waals surface area contributed by atoms with Gasteiger partial charge in [-0.05, 0) is 26.2 Å². The topological polar surface area (TPSA) is 46.2 Å². The second kappa shape index (κ2) is 16.6. The van der Waals surface area contributed by atoms with Crippen LogP contribution >= 0.6 is 0 Å². The van der Waals surface area contributed by atoms with Crippen molar-refractivity contribution in [2.45, 2.75) is 116 Å². The highest BCUT2D eigenvalue weighted by Crippen LogP contribution is 2.28. The van der Waals surface area contributed by atoms with Gasteiger partial charge in [-0.25, -0.2) is 0 Å². The van der Waals surface area contributed by atoms with Gasteiger partial charge in [-0.3, -0.25) is 0 Å². The lowest BCUT2D eigenvalue weighted by Gasteiger charge is -2.45. The van der Waals surface area contributed by atoms with Crippen molar-refractivity contribution in [3.05, 3.63) is 0 Å². The van der Waals surface area contributed by atoms with Gasteiger partial charge in [0.05, 0.1) is 12.7 Å². The summed E-state index contributed by atoms with van der Waals surface area (Å²) in [5.41, 5.74) is 0. The molecule has 0 bridgehead atoms. The molecule has 1 aliphatic heterocycles. The third-order valence-corrected chi connectivity index (χ3v) is 5.43. The predicted octanol–water partition coefficient (Wildman–Crippen LogP) is 5.15. The molecule has 0 aromatic carbocycles. The quantitative estimate of drug-likeness (QED) is 0.315. The van der Waals surface area contributed by atoms with E-state index in [0.29, 0.717) is 6.61 Å². The van der Waals surface area contributed by atoms with Gasteiger partial charge in [0.1, 0.15) is 24.4 Å². The van der Waals surface area contributed by atoms with E-state index in [1.54, 1.807) is 7.11 Å². The van der Waals surface area contributed by atoms with Gasteiger partial charge >= 0.3 is 0 Å². The molecule has 0 amide bonds. The normalized spacial score (nSPS) is 28.0. The van der Waals surface area contributed by atoms with Gasteiger partial charge in [-0.2, -0.15) is 0 Å². The lowest BCUT2D eigenvalue weighted by Crippen LogP contribution is -2.60. The van der Waals surface area contributed by atoms with Crippen LogP contribution in [0.25, 0.3) is 0 Å². The van der Waals surface area contributed by atoms with Crippen molar-refractivity contribution in [1.29, 1.82) is 0 Å². The van der Waals surface area contributed by atoms with Crippen molar-refractivity contribution in [2.75, 3.05) is 33.5 Å². The molecule has 5 nitrogen and oxygen atoms in total. The Balaban J connectivity index is 2.67. The summed E-state index contributed by atoms with van der Waals surface area (Å²) in [5.74, 6) is 0. The van der Waals surface area contributed by atoms with Crippen LogP contribution in [0.5, 0.6) is 0 Å². The molecule has 0 saturated carbocycles. The summed E-state index contributed by atoms with van der Waals surface area (Å²) in [4.78, 5) is 0. The van der Waals surface area contributed by atoms with Crippen molar-refractivity contribution < 1.29 is 23.7 Å². The molecule has 5 heteroatoms. The van der Waals surface area contributed by atoms with Crippen molar-refractivity contribution in [1.82, 2.24) is 0 Å². The molecular weight excluding hydrogens is 356 g/mol. The molecule has 0 spiro atoms. The molecule has 0 aliphatic carbocycles. The Kier molecular flexibility index (Phi) is 15.3. The first-order valence-corrected chi connectivity index (χ1v) is 11.7. The van der Waals surface area contributed by atoms with Crippen molar-refractivity contribution in [3.8, 4) is 0 Å². The first-order chi connectivity index (χ1) is 13.7. The minimum absolute atomic E-state index is 0.0338. The molecule has 0 N–H and O–H groups in total. The van der Waals surface area contributed by atoms with Gasteiger partial charge in [-0.15, -0.1) is 0 Å². The number of ether oxygens (including phenoxy) is 5. The van der Waals surface area contributed by atoms with E-state index >= 15 is 0 Å². The molecule has 0 aromatic rings. The summed E-state index contributed by atoms with van der Waals surface area (Å²) in [6, 6.07) is 0. The molecule has 1 aliphatic rings. The summed E-state index contributed by atoms with van der Waals surface area (Å²) in [6.07, 6.45) is 9.90. The Morgan fingerprint density at radius 3 is 1.93 bits per heavy atom. The maximum absolute atomic E-state index is 6.32. The van der Waals surface area contributed by atoms with Gasteiger partial charge in [0.25, 0.3) is 0 Å². The van der Waals surface area contributed by atoms with E-state index in [4.69, 9.17) is 23.7 Å². The van der Waals surface area contributed by atoms with Gasteiger partial charge in [-0.1, -0.05) is 59.3 Å². The van der Waals surface area contributed by atoms with E-state index in [-0.39, 0.29) is 30.5 Å². The summed E-state index contributed by atoms with van der Waals surface area (Å²) < 4.78 is 30.5. The molecule has 168 valence electrons. The maximum Gasteiger partial charge on any atom is 0.115 e. The zero-order chi connectivity index (χ0) is 20.6. The van der Waals surface area contributed by atoms with E-state index in [0.717, 1.165) is 45.5 Å². The van der Waals surface area contributed by atoms with Crippen molar-refractivity contribution in [3.63, 3.8) is 0 Å². The number of unbranched alkanes of at least 4 members (excludes halogenated alkanes) is 6. The Labute approximate surface area is 173 Å². The number of hydrogen-bond donors (Lipinski definition) is 0. The standard InChI is InChI=1S/C23H46O5/c1-6-9-12-14-17-26-21-19(4)28-20(18-25-15-11-8-3)22(24-5)23(21)27-16-13-10-7-2/h19-23H,6-18H2,1-5H3. The first-order valence-electron chi connectivity index (χ1n) is 11.7. The van der Waals surface area contributed by atoms with Crippen LogP contribution in [0.4, 0.5) is 0 Å². The van der Waals surface area contributed by atoms with E-state index in [9.17, 15) is 0 Å². The van der Waals surface area contributed by atoms with Crippen molar-refractivity contribution in [2.24, 2.45) is 0 Å². The Morgan fingerprint density at radius 2 is 1.29 bits per heavy atom. The lowest BCUT2D eigenvalue weighted by atomic mass is 9.95. The fraction of sp³-hybridized carbons (Fsp3) is 1.00. The van der Waals surface area contributed by atoms with Crippen LogP contribution in [0.15, 0.2) is 0 Å². The van der Waals surface area contributed by atoms with Gasteiger partial charge in [0.2, 0.25) is 0 Å². The van der Waals surface area contributed by atoms with Crippen molar-refractivity contribution >= 4 is 0 Å². The molecule has 5 atom stereocenters. The molecule has 1 heterocycles. The minimum atomic E-state index is -0.167. The molecule has 1 saturated heterocycles. The first kappa shape index (κ1) is 25.8. The average molecular weight is 403 g/mol. The Morgan fingerprint density at radius 1 is 0.679 bits per heavy atom. The fourth-order valence-electron chi connectivity index (χ4n) is 3.70. The summed E-state index contributed by atoms with van der Waals surface area (Å²) >= 11 is 0. The predicted molar refractivity (Wildman–Crippen MR) is 114 cm³/mol. The maximum atomic E-state index is 6.32. The largest absolute Gasteiger partial charge is 0.379 e. The third-order valence-electron chi connectivity index (χ3n) is 5.43. The number of rotatable bonds is 17. The fourth-order valence-corrected chi connectivity index (χ4v) is 3.70. The van der Waals surface area contributed by atoms with E-state index in [1.807, 2.05) is 0 Å². The van der Waals surface area contributed by atoms with Crippen LogP contribution in [-0.4, -0.2) is 64.1 Å². The van der Waals surface area contributed by atoms with Crippen LogP contribution in [0.2, 0.25) is 0 Å². The zero-order valence-corrected chi connectivity index (χ0v) is 19.1. The highest BCUT2D eigenvalue weighted by molar-refractivity contribution is 4.94.